The second-order valence-electron chi connectivity index (χ2n) is 6.72. The van der Waals surface area contributed by atoms with E-state index in [1.165, 1.54) is 5.56 Å². The zero-order valence-electron chi connectivity index (χ0n) is 18.1. The van der Waals surface area contributed by atoms with Crippen molar-refractivity contribution in [3.05, 3.63) is 53.6 Å². The van der Waals surface area contributed by atoms with Crippen molar-refractivity contribution >= 4 is 41.6 Å². The Kier molecular flexibility index (Phi) is 8.24. The van der Waals surface area contributed by atoms with E-state index in [4.69, 9.17) is 4.74 Å². The maximum atomic E-state index is 5.43. The lowest BCUT2D eigenvalue weighted by atomic mass is 10.1. The van der Waals surface area contributed by atoms with Crippen LogP contribution in [0.2, 0.25) is 0 Å². The summed E-state index contributed by atoms with van der Waals surface area (Å²) in [6.45, 7) is 9.89. The molecule has 0 aliphatic carbocycles. The number of benzene rings is 2. The first-order valence-corrected chi connectivity index (χ1v) is 9.79. The summed E-state index contributed by atoms with van der Waals surface area (Å²) in [5.74, 6) is 2.30. The fraction of sp³-hybridized carbons (Fsp3) is 0.318. The van der Waals surface area contributed by atoms with Crippen LogP contribution in [0.5, 0.6) is 5.75 Å². The number of anilines is 5. The number of hydrogen-bond donors (Lipinski definition) is 2. The Morgan fingerprint density at radius 3 is 2.13 bits per heavy atom. The average Bonchev–Trinajstić information content (AvgIpc) is 2.72. The number of aryl methyl sites for hydroxylation is 2. The molecule has 0 saturated carbocycles. The molecular formula is C22H29ClN6O. The number of halogens is 1. The Morgan fingerprint density at radius 1 is 0.867 bits per heavy atom. The van der Waals surface area contributed by atoms with E-state index in [1.807, 2.05) is 24.3 Å². The molecule has 7 nitrogen and oxygen atoms in total. The van der Waals surface area contributed by atoms with Crippen molar-refractivity contribution in [1.82, 2.24) is 15.0 Å². The lowest BCUT2D eigenvalue weighted by Gasteiger charge is -2.20. The van der Waals surface area contributed by atoms with E-state index in [1.54, 1.807) is 7.11 Å². The molecule has 3 rings (SSSR count). The van der Waals surface area contributed by atoms with E-state index in [2.05, 4.69) is 76.4 Å². The summed E-state index contributed by atoms with van der Waals surface area (Å²) in [5.41, 5.74) is 4.07. The van der Waals surface area contributed by atoms with Crippen LogP contribution in [0.1, 0.15) is 25.0 Å². The maximum absolute atomic E-state index is 5.43. The largest absolute Gasteiger partial charge is 0.495 e. The predicted molar refractivity (Wildman–Crippen MR) is 126 cm³/mol. The first-order valence-electron chi connectivity index (χ1n) is 9.79. The second-order valence-corrected chi connectivity index (χ2v) is 6.72. The zero-order chi connectivity index (χ0) is 20.8. The maximum Gasteiger partial charge on any atom is 0.233 e. The standard InChI is InChI=1S/C22H28N6O.ClH/c1-6-28(7-2)22-26-20(23-17-10-8-9-11-19(17)29-5)25-21(27-22)24-18-14-15(3)12-13-16(18)4;/h8-14H,6-7H2,1-5H3,(H2,23,24,25,26,27);1H. The van der Waals surface area contributed by atoms with Crippen molar-refractivity contribution in [3.8, 4) is 5.75 Å². The van der Waals surface area contributed by atoms with Crippen molar-refractivity contribution < 1.29 is 4.74 Å². The number of rotatable bonds is 8. The summed E-state index contributed by atoms with van der Waals surface area (Å²) in [7, 11) is 1.64. The minimum absolute atomic E-state index is 0. The van der Waals surface area contributed by atoms with Crippen LogP contribution in [-0.2, 0) is 0 Å². The average molecular weight is 429 g/mol. The van der Waals surface area contributed by atoms with Crippen molar-refractivity contribution in [2.45, 2.75) is 27.7 Å². The van der Waals surface area contributed by atoms with Gasteiger partial charge in [-0.05, 0) is 57.0 Å². The molecule has 160 valence electrons. The Balaban J connectivity index is 0.00000320. The minimum atomic E-state index is 0. The Labute approximate surface area is 184 Å². The van der Waals surface area contributed by atoms with Crippen LogP contribution in [0, 0.1) is 13.8 Å². The highest BCUT2D eigenvalue weighted by atomic mass is 35.5. The zero-order valence-corrected chi connectivity index (χ0v) is 18.9. The number of hydrogen-bond acceptors (Lipinski definition) is 7. The van der Waals surface area contributed by atoms with Gasteiger partial charge in [-0.25, -0.2) is 0 Å². The molecule has 0 aliphatic rings. The summed E-state index contributed by atoms with van der Waals surface area (Å²) >= 11 is 0. The molecule has 0 fully saturated rings. The molecule has 0 aliphatic heterocycles. The number of nitrogens with zero attached hydrogens (tertiary/aromatic N) is 4. The first kappa shape index (κ1) is 23.2. The van der Waals surface area contributed by atoms with Gasteiger partial charge >= 0.3 is 0 Å². The highest BCUT2D eigenvalue weighted by Crippen LogP contribution is 2.27. The number of aromatic nitrogens is 3. The molecule has 2 aromatic carbocycles. The van der Waals surface area contributed by atoms with E-state index < -0.39 is 0 Å². The smallest absolute Gasteiger partial charge is 0.233 e. The van der Waals surface area contributed by atoms with E-state index in [9.17, 15) is 0 Å². The second kappa shape index (κ2) is 10.6. The SMILES string of the molecule is CCN(CC)c1nc(Nc2cc(C)ccc2C)nc(Nc2ccccc2OC)n1.Cl. The molecule has 1 heterocycles. The van der Waals surface area contributed by atoms with Gasteiger partial charge in [0.1, 0.15) is 5.75 Å². The van der Waals surface area contributed by atoms with Gasteiger partial charge in [0.05, 0.1) is 12.8 Å². The van der Waals surface area contributed by atoms with E-state index in [0.717, 1.165) is 35.8 Å². The molecule has 0 bridgehead atoms. The molecule has 8 heteroatoms. The number of ether oxygens (including phenoxy) is 1. The molecule has 0 amide bonds. The van der Waals surface area contributed by atoms with E-state index in [-0.39, 0.29) is 12.4 Å². The third-order valence-corrected chi connectivity index (χ3v) is 4.66. The molecule has 0 spiro atoms. The molecular weight excluding hydrogens is 400 g/mol. The van der Waals surface area contributed by atoms with Crippen molar-refractivity contribution in [1.29, 1.82) is 0 Å². The quantitative estimate of drug-likeness (QED) is 0.507. The van der Waals surface area contributed by atoms with Crippen LogP contribution < -0.4 is 20.3 Å². The van der Waals surface area contributed by atoms with Gasteiger partial charge in [-0.1, -0.05) is 24.3 Å². The van der Waals surface area contributed by atoms with E-state index in [0.29, 0.717) is 17.8 Å². The van der Waals surface area contributed by atoms with Crippen LogP contribution in [0.25, 0.3) is 0 Å². The fourth-order valence-corrected chi connectivity index (χ4v) is 2.98. The summed E-state index contributed by atoms with van der Waals surface area (Å²) in [6, 6.07) is 13.9. The van der Waals surface area contributed by atoms with Gasteiger partial charge in [0.25, 0.3) is 0 Å². The third-order valence-electron chi connectivity index (χ3n) is 4.66. The van der Waals surface area contributed by atoms with Gasteiger partial charge in [0.15, 0.2) is 0 Å². The van der Waals surface area contributed by atoms with Gasteiger partial charge in [0, 0.05) is 18.8 Å². The van der Waals surface area contributed by atoms with Gasteiger partial charge in [-0.15, -0.1) is 12.4 Å². The van der Waals surface area contributed by atoms with Crippen LogP contribution in [0.4, 0.5) is 29.2 Å². The lowest BCUT2D eigenvalue weighted by molar-refractivity contribution is 0.417. The van der Waals surface area contributed by atoms with Gasteiger partial charge in [0.2, 0.25) is 17.8 Å². The van der Waals surface area contributed by atoms with Gasteiger partial charge in [-0.3, -0.25) is 0 Å². The lowest BCUT2D eigenvalue weighted by Crippen LogP contribution is -2.25. The highest BCUT2D eigenvalue weighted by Gasteiger charge is 2.13. The molecule has 2 N–H and O–H groups in total. The minimum Gasteiger partial charge on any atom is -0.495 e. The summed E-state index contributed by atoms with van der Waals surface area (Å²) < 4.78 is 5.43. The number of methoxy groups -OCH3 is 1. The third kappa shape index (κ3) is 5.51. The molecule has 0 atom stereocenters. The molecule has 0 saturated heterocycles. The molecule has 30 heavy (non-hydrogen) atoms. The van der Waals surface area contributed by atoms with Gasteiger partial charge in [-0.2, -0.15) is 15.0 Å². The van der Waals surface area contributed by atoms with Crippen LogP contribution in [0.3, 0.4) is 0 Å². The van der Waals surface area contributed by atoms with E-state index >= 15 is 0 Å². The topological polar surface area (TPSA) is 75.2 Å². The van der Waals surface area contributed by atoms with Crippen LogP contribution in [0.15, 0.2) is 42.5 Å². The molecule has 0 unspecified atom stereocenters. The molecule has 1 aromatic heterocycles. The number of para-hydroxylation sites is 2. The van der Waals surface area contributed by atoms with Crippen molar-refractivity contribution in [3.63, 3.8) is 0 Å². The summed E-state index contributed by atoms with van der Waals surface area (Å²) in [6.07, 6.45) is 0. The van der Waals surface area contributed by atoms with Crippen molar-refractivity contribution in [2.24, 2.45) is 0 Å². The van der Waals surface area contributed by atoms with Gasteiger partial charge < -0.3 is 20.3 Å². The fourth-order valence-electron chi connectivity index (χ4n) is 2.98. The Bertz CT molecular complexity index is 978. The highest BCUT2D eigenvalue weighted by molar-refractivity contribution is 5.85. The number of nitrogens with one attached hydrogen (secondary N) is 2. The predicted octanol–water partition coefficient (Wildman–Crippen LogP) is 5.25. The monoisotopic (exact) mass is 428 g/mol. The van der Waals surface area contributed by atoms with Crippen molar-refractivity contribution in [2.75, 3.05) is 35.7 Å². The summed E-state index contributed by atoms with van der Waals surface area (Å²) in [4.78, 5) is 16.0. The molecule has 3 aromatic rings. The van der Waals surface area contributed by atoms with Crippen LogP contribution in [-0.4, -0.2) is 35.2 Å². The van der Waals surface area contributed by atoms with Crippen LogP contribution >= 0.6 is 12.4 Å². The first-order chi connectivity index (χ1) is 14.0. The summed E-state index contributed by atoms with van der Waals surface area (Å²) in [5, 5.41) is 6.62. The normalized spacial score (nSPS) is 10.2. The Morgan fingerprint density at radius 2 is 1.50 bits per heavy atom. The molecule has 0 radical (unpaired) electrons. The Hall–Kier alpha value is -3.06.